The fourth-order valence-corrected chi connectivity index (χ4v) is 6.25. The first-order chi connectivity index (χ1) is 28.3. The van der Waals surface area contributed by atoms with Gasteiger partial charge in [-0.3, -0.25) is 24.3 Å². The third-order valence-electron chi connectivity index (χ3n) is 8.12. The first-order valence-corrected chi connectivity index (χ1v) is 21.5. The molecule has 4 atom stereocenters. The molecule has 0 bridgehead atoms. The molecule has 16 nitrogen and oxygen atoms in total. The van der Waals surface area contributed by atoms with Crippen LogP contribution in [0.1, 0.15) is 61.2 Å². The molecule has 0 saturated carbocycles. The number of halogens is 5. The fraction of sp³-hybridized carbons (Fsp3) is 0.436. The number of methoxy groups -OCH3 is 1. The highest BCUT2D eigenvalue weighted by molar-refractivity contribution is 7.57. The minimum Gasteiger partial charge on any atom is -0.480 e. The number of carbonyl (C=O) groups excluding carboxylic acids is 3. The number of nitro benzene ring substituents is 1. The van der Waals surface area contributed by atoms with Gasteiger partial charge in [0.15, 0.2) is 13.5 Å². The second-order valence-electron chi connectivity index (χ2n) is 13.1. The summed E-state index contributed by atoms with van der Waals surface area (Å²) in [6.45, 7) is 10.6. The van der Waals surface area contributed by atoms with E-state index in [1.807, 2.05) is 26.0 Å². The number of alkyl halides is 4. The van der Waals surface area contributed by atoms with E-state index in [4.69, 9.17) is 57.9 Å². The van der Waals surface area contributed by atoms with Crippen LogP contribution >= 0.6 is 30.6 Å². The van der Waals surface area contributed by atoms with E-state index in [1.165, 1.54) is 13.6 Å². The van der Waals surface area contributed by atoms with Gasteiger partial charge >= 0.3 is 24.1 Å². The number of aliphatic carboxylic acids is 1. The number of amides is 1. The van der Waals surface area contributed by atoms with Gasteiger partial charge in [0.05, 0.1) is 40.5 Å². The standard InChI is InChI=1S/C19H15ClF3NO7.C15H22ClNO2.C5H12NO4P/c1-3-29-17(25)10(2)30-18(26)13-9-12(5-6-15(13)24(27)28)31-16-7-4-11(8-14(16)20)19(21,22)23;1-5-13-8-6-7-11(2)15(13)17(14(18)9-16)12(3)10-19-4;1-11(9,10)3-2-4(6)5(7)8/h4-10H,3H2,1-2H3;6-8,12H,5,9-10H2,1-4H3;4H,2-3,6H2,1H3,(H,7,8)(H,9,10). The molecule has 3 aromatic carbocycles. The Morgan fingerprint density at radius 3 is 2.20 bits per heavy atom. The molecule has 0 heterocycles. The lowest BCUT2D eigenvalue weighted by molar-refractivity contribution is -0.385. The molecule has 0 spiro atoms. The monoisotopic (exact) mass is 925 g/mol. The van der Waals surface area contributed by atoms with Crippen LogP contribution in [0, 0.1) is 17.0 Å². The van der Waals surface area contributed by atoms with E-state index in [1.54, 1.807) is 18.9 Å². The van der Waals surface area contributed by atoms with Gasteiger partial charge in [0.2, 0.25) is 5.91 Å². The highest BCUT2D eigenvalue weighted by Crippen LogP contribution is 2.38. The number of nitrogens with zero attached hydrogens (tertiary/aromatic N) is 2. The molecular formula is C39H49Cl2F3N3O13P. The number of carbonyl (C=O) groups is 4. The molecule has 0 saturated heterocycles. The molecule has 1 amide bonds. The van der Waals surface area contributed by atoms with Crippen LogP contribution in [-0.2, 0) is 45.8 Å². The van der Waals surface area contributed by atoms with E-state index in [2.05, 4.69) is 13.0 Å². The van der Waals surface area contributed by atoms with E-state index in [-0.39, 0.29) is 53.5 Å². The molecule has 0 aliphatic carbocycles. The van der Waals surface area contributed by atoms with Gasteiger partial charge in [-0.05, 0) is 75.9 Å². The number of hydrogen-bond donors (Lipinski definition) is 3. The van der Waals surface area contributed by atoms with Crippen LogP contribution < -0.4 is 15.4 Å². The average molecular weight is 927 g/mol. The van der Waals surface area contributed by atoms with E-state index >= 15 is 0 Å². The number of carboxylic acid groups (broad SMARTS) is 1. The van der Waals surface area contributed by atoms with E-state index in [9.17, 15) is 47.0 Å². The molecule has 0 aliphatic heterocycles. The third-order valence-corrected chi connectivity index (χ3v) is 9.73. The molecule has 4 N–H and O–H groups in total. The number of para-hydroxylation sites is 1. The van der Waals surface area contributed by atoms with Gasteiger partial charge in [0, 0.05) is 32.1 Å². The maximum atomic E-state index is 12.8. The lowest BCUT2D eigenvalue weighted by Gasteiger charge is -2.31. The molecule has 3 aromatic rings. The summed E-state index contributed by atoms with van der Waals surface area (Å²) in [5.41, 5.74) is 6.14. The maximum absolute atomic E-state index is 12.8. The molecule has 61 heavy (non-hydrogen) atoms. The second kappa shape index (κ2) is 25.2. The summed E-state index contributed by atoms with van der Waals surface area (Å²) in [5.74, 6) is -3.61. The van der Waals surface area contributed by atoms with Crippen LogP contribution in [0.15, 0.2) is 54.6 Å². The summed E-state index contributed by atoms with van der Waals surface area (Å²) in [5, 5.41) is 19.2. The minimum atomic E-state index is -4.61. The smallest absolute Gasteiger partial charge is 0.416 e. The fourth-order valence-electron chi connectivity index (χ4n) is 5.14. The Labute approximate surface area is 360 Å². The van der Waals surface area contributed by atoms with Gasteiger partial charge in [-0.1, -0.05) is 36.7 Å². The van der Waals surface area contributed by atoms with Crippen LogP contribution in [0.4, 0.5) is 24.5 Å². The molecule has 338 valence electrons. The number of nitro groups is 1. The van der Waals surface area contributed by atoms with Gasteiger partial charge in [-0.15, -0.1) is 11.6 Å². The molecule has 0 aromatic heterocycles. The zero-order valence-electron chi connectivity index (χ0n) is 34.4. The number of nitrogens with two attached hydrogens (primary N) is 1. The summed E-state index contributed by atoms with van der Waals surface area (Å²) < 4.78 is 69.0. The van der Waals surface area contributed by atoms with Crippen molar-refractivity contribution < 1.29 is 70.8 Å². The van der Waals surface area contributed by atoms with Crippen LogP contribution in [0.3, 0.4) is 0 Å². The molecule has 3 rings (SSSR count). The number of ether oxygens (including phenoxy) is 4. The summed E-state index contributed by atoms with van der Waals surface area (Å²) in [6, 6.07) is 10.4. The van der Waals surface area contributed by atoms with Gasteiger partial charge in [0.25, 0.3) is 5.69 Å². The van der Waals surface area contributed by atoms with Crippen LogP contribution in [0.5, 0.6) is 11.5 Å². The summed E-state index contributed by atoms with van der Waals surface area (Å²) >= 11 is 11.6. The van der Waals surface area contributed by atoms with E-state index in [0.717, 1.165) is 53.6 Å². The molecule has 22 heteroatoms. The number of rotatable bonds is 17. The van der Waals surface area contributed by atoms with Crippen molar-refractivity contribution >= 4 is 65.8 Å². The van der Waals surface area contributed by atoms with Crippen molar-refractivity contribution in [2.75, 3.05) is 43.9 Å². The van der Waals surface area contributed by atoms with E-state index in [0.29, 0.717) is 12.7 Å². The van der Waals surface area contributed by atoms with Crippen molar-refractivity contribution in [2.45, 2.75) is 71.8 Å². The summed E-state index contributed by atoms with van der Waals surface area (Å²) in [6.07, 6.45) is -5.06. The highest BCUT2D eigenvalue weighted by atomic mass is 35.5. The Kier molecular flexibility index (Phi) is 22.4. The van der Waals surface area contributed by atoms with Gasteiger partial charge < -0.3 is 39.6 Å². The van der Waals surface area contributed by atoms with Crippen molar-refractivity contribution in [1.82, 2.24) is 0 Å². The van der Waals surface area contributed by atoms with Gasteiger partial charge in [0.1, 0.15) is 29.0 Å². The number of benzene rings is 3. The van der Waals surface area contributed by atoms with Gasteiger partial charge in [-0.25, -0.2) is 9.59 Å². The van der Waals surface area contributed by atoms with Crippen molar-refractivity contribution in [1.29, 1.82) is 0 Å². The van der Waals surface area contributed by atoms with Crippen molar-refractivity contribution in [3.05, 3.63) is 92.0 Å². The normalized spacial score (nSPS) is 13.3. The molecule has 4 unspecified atom stereocenters. The summed E-state index contributed by atoms with van der Waals surface area (Å²) in [4.78, 5) is 67.2. The van der Waals surface area contributed by atoms with Crippen molar-refractivity contribution in [3.63, 3.8) is 0 Å². The van der Waals surface area contributed by atoms with Crippen LogP contribution in [-0.4, -0.2) is 96.0 Å². The Bertz CT molecular complexity index is 2040. The van der Waals surface area contributed by atoms with E-state index < -0.39 is 65.3 Å². The number of esters is 2. The van der Waals surface area contributed by atoms with Crippen molar-refractivity contribution in [2.24, 2.45) is 5.73 Å². The average Bonchev–Trinajstić information content (AvgIpc) is 3.18. The Morgan fingerprint density at radius 2 is 1.70 bits per heavy atom. The van der Waals surface area contributed by atoms with Gasteiger partial charge in [-0.2, -0.15) is 13.2 Å². The van der Waals surface area contributed by atoms with Crippen LogP contribution in [0.2, 0.25) is 5.02 Å². The number of carboxylic acids is 1. The first kappa shape index (κ1) is 54.2. The predicted molar refractivity (Wildman–Crippen MR) is 222 cm³/mol. The third kappa shape index (κ3) is 18.0. The Hall–Kier alpha value is -4.78. The Balaban J connectivity index is 0.000000524. The highest BCUT2D eigenvalue weighted by Gasteiger charge is 2.32. The summed E-state index contributed by atoms with van der Waals surface area (Å²) in [7, 11) is -1.47. The number of anilines is 1. The SMILES string of the molecule is CCOC(=O)C(C)OC(=O)c1cc(Oc2ccc(C(F)(F)F)cc2Cl)ccc1[N+](=O)[O-].CCc1cccc(C)c1N(C(=O)CCl)C(C)COC.CP(=O)(O)CCC(N)C(=O)O. The number of aryl methyl sites for hydroxylation is 2. The predicted octanol–water partition coefficient (Wildman–Crippen LogP) is 8.02. The largest absolute Gasteiger partial charge is 0.480 e. The molecular weight excluding hydrogens is 877 g/mol. The minimum absolute atomic E-state index is 0.0223. The van der Waals surface area contributed by atoms with Crippen molar-refractivity contribution in [3.8, 4) is 11.5 Å². The van der Waals surface area contributed by atoms with Crippen LogP contribution in [0.25, 0.3) is 0 Å². The Morgan fingerprint density at radius 1 is 1.07 bits per heavy atom. The quantitative estimate of drug-likeness (QED) is 0.0382. The number of hydrogen-bond acceptors (Lipinski definition) is 12. The zero-order valence-corrected chi connectivity index (χ0v) is 36.8. The maximum Gasteiger partial charge on any atom is 0.416 e. The first-order valence-electron chi connectivity index (χ1n) is 18.3. The topological polar surface area (TPSA) is 235 Å². The lowest BCUT2D eigenvalue weighted by Crippen LogP contribution is -2.43. The lowest BCUT2D eigenvalue weighted by atomic mass is 10.0. The zero-order chi connectivity index (χ0) is 46.8. The molecule has 0 aliphatic rings. The molecule has 0 fully saturated rings. The molecule has 0 radical (unpaired) electrons. The second-order valence-corrected chi connectivity index (χ2v) is 16.4.